The Morgan fingerprint density at radius 2 is 2.09 bits per heavy atom. The van der Waals surface area contributed by atoms with Gasteiger partial charge in [0, 0.05) is 32.2 Å². The molecule has 0 aromatic heterocycles. The molecule has 0 radical (unpaired) electrons. The third-order valence-electron chi connectivity index (χ3n) is 7.16. The van der Waals surface area contributed by atoms with Crippen LogP contribution in [0.15, 0.2) is 52.0 Å². The summed E-state index contributed by atoms with van der Waals surface area (Å²) in [5.74, 6) is -1.68. The summed E-state index contributed by atoms with van der Waals surface area (Å²) in [7, 11) is 1.75. The number of halogens is 2. The van der Waals surface area contributed by atoms with E-state index in [-0.39, 0.29) is 18.1 Å². The zero-order valence-electron chi connectivity index (χ0n) is 20.5. The average molecular weight is 472 g/mol. The predicted molar refractivity (Wildman–Crippen MR) is 133 cm³/mol. The summed E-state index contributed by atoms with van der Waals surface area (Å²) in [6.07, 6.45) is 8.75. The van der Waals surface area contributed by atoms with Crippen molar-refractivity contribution in [1.29, 1.82) is 0 Å². The molecule has 0 bridgehead atoms. The number of hydrogen-bond acceptors (Lipinski definition) is 3. The minimum Gasteiger partial charge on any atom is -0.506 e. The quantitative estimate of drug-likeness (QED) is 0.396. The third-order valence-corrected chi connectivity index (χ3v) is 7.16. The molecule has 4 rings (SSSR count). The molecule has 6 heteroatoms. The number of nitrogens with zero attached hydrogens (tertiary/aromatic N) is 1. The van der Waals surface area contributed by atoms with E-state index in [1.807, 2.05) is 6.21 Å². The molecule has 0 spiro atoms. The Morgan fingerprint density at radius 1 is 1.26 bits per heavy atom. The van der Waals surface area contributed by atoms with Crippen LogP contribution in [0.4, 0.5) is 14.5 Å². The van der Waals surface area contributed by atoms with E-state index in [9.17, 15) is 13.9 Å². The van der Waals surface area contributed by atoms with Crippen LogP contribution in [0.5, 0.6) is 0 Å². The monoisotopic (exact) mass is 471 g/mol. The zero-order valence-corrected chi connectivity index (χ0v) is 20.5. The first kappa shape index (κ1) is 24.8. The van der Waals surface area contributed by atoms with Crippen molar-refractivity contribution in [3.8, 4) is 0 Å². The maximum Gasteiger partial charge on any atom is 0.194 e. The van der Waals surface area contributed by atoms with Gasteiger partial charge in [-0.2, -0.15) is 0 Å². The first-order chi connectivity index (χ1) is 16.3. The molecule has 3 aliphatic rings. The smallest absolute Gasteiger partial charge is 0.194 e. The number of benzene rings is 1. The first-order valence-corrected chi connectivity index (χ1v) is 12.5. The van der Waals surface area contributed by atoms with E-state index >= 15 is 0 Å². The molecular weight excluding hydrogens is 434 g/mol. The number of quaternary nitrogens is 1. The van der Waals surface area contributed by atoms with Crippen LogP contribution in [0.2, 0.25) is 0 Å². The summed E-state index contributed by atoms with van der Waals surface area (Å²) < 4.78 is 34.9. The van der Waals surface area contributed by atoms with E-state index in [1.165, 1.54) is 11.6 Å². The Bertz CT molecular complexity index is 1030. The lowest BCUT2D eigenvalue weighted by Gasteiger charge is -2.34. The van der Waals surface area contributed by atoms with Gasteiger partial charge in [-0.3, -0.25) is 10.3 Å². The number of aliphatic hydroxyl groups excluding tert-OH is 1. The fourth-order valence-electron chi connectivity index (χ4n) is 5.49. The fourth-order valence-corrected chi connectivity index (χ4v) is 5.49. The maximum absolute atomic E-state index is 14.5. The van der Waals surface area contributed by atoms with E-state index in [4.69, 9.17) is 4.74 Å². The molecule has 2 unspecified atom stereocenters. The molecule has 4 nitrogen and oxygen atoms in total. The van der Waals surface area contributed by atoms with Gasteiger partial charge in [0.15, 0.2) is 24.0 Å². The molecule has 2 fully saturated rings. The van der Waals surface area contributed by atoms with Crippen LogP contribution in [-0.2, 0) is 4.74 Å². The molecule has 1 aromatic carbocycles. The van der Waals surface area contributed by atoms with E-state index < -0.39 is 17.8 Å². The number of hydrogen-bond donors (Lipinski definition) is 2. The lowest BCUT2D eigenvalue weighted by molar-refractivity contribution is -0.660. The highest BCUT2D eigenvalue weighted by molar-refractivity contribution is 5.90. The van der Waals surface area contributed by atoms with Crippen molar-refractivity contribution in [1.82, 2.24) is 0 Å². The maximum atomic E-state index is 14.5. The van der Waals surface area contributed by atoms with E-state index in [1.54, 1.807) is 7.05 Å². The molecule has 0 amide bonds. The van der Waals surface area contributed by atoms with Crippen LogP contribution in [0.1, 0.15) is 76.3 Å². The van der Waals surface area contributed by atoms with Gasteiger partial charge in [-0.25, -0.2) is 8.78 Å². The second-order valence-electron chi connectivity index (χ2n) is 10.6. The van der Waals surface area contributed by atoms with Crippen LogP contribution in [-0.4, -0.2) is 37.4 Å². The summed E-state index contributed by atoms with van der Waals surface area (Å²) in [4.78, 5) is 4.27. The number of rotatable bonds is 5. The number of aliphatic hydroxyl groups is 1. The minimum atomic E-state index is -1.72. The predicted octanol–water partition coefficient (Wildman–Crippen LogP) is 6.22. The van der Waals surface area contributed by atoms with Crippen LogP contribution in [0.25, 0.3) is 5.57 Å². The van der Waals surface area contributed by atoms with Crippen LogP contribution < -0.4 is 5.32 Å². The normalized spacial score (nSPS) is 27.1. The van der Waals surface area contributed by atoms with Crippen LogP contribution in [0, 0.1) is 5.41 Å². The summed E-state index contributed by atoms with van der Waals surface area (Å²) in [5.41, 5.74) is 5.87. The fraction of sp³-hybridized carbons (Fsp3) is 0.536. The Balaban J connectivity index is 1.78. The molecular formula is C28H37F2N2O2+. The van der Waals surface area contributed by atoms with E-state index in [2.05, 4.69) is 42.4 Å². The Labute approximate surface area is 201 Å². The van der Waals surface area contributed by atoms with E-state index in [0.717, 1.165) is 73.9 Å². The van der Waals surface area contributed by atoms with Gasteiger partial charge in [0.2, 0.25) is 0 Å². The van der Waals surface area contributed by atoms with Crippen molar-refractivity contribution in [2.75, 3.05) is 13.7 Å². The largest absolute Gasteiger partial charge is 0.506 e. The molecule has 1 aliphatic heterocycles. The summed E-state index contributed by atoms with van der Waals surface area (Å²) in [6, 6.07) is 6.20. The van der Waals surface area contributed by atoms with Crippen molar-refractivity contribution in [2.45, 2.75) is 77.6 Å². The van der Waals surface area contributed by atoms with Gasteiger partial charge in [-0.05, 0) is 78.9 Å². The number of aliphatic imine (C=N–C) groups is 1. The molecule has 1 heterocycles. The topological polar surface area (TPSA) is 58.4 Å². The molecule has 1 aromatic rings. The number of ether oxygens (including phenoxy) is 1. The van der Waals surface area contributed by atoms with Crippen molar-refractivity contribution >= 4 is 17.5 Å². The molecule has 1 saturated heterocycles. The van der Waals surface area contributed by atoms with Gasteiger partial charge >= 0.3 is 0 Å². The molecule has 184 valence electrons. The van der Waals surface area contributed by atoms with Gasteiger partial charge in [-0.15, -0.1) is 0 Å². The summed E-state index contributed by atoms with van der Waals surface area (Å²) >= 11 is 0. The highest BCUT2D eigenvalue weighted by Gasteiger charge is 2.31. The lowest BCUT2D eigenvalue weighted by atomic mass is 9.71. The second-order valence-corrected chi connectivity index (χ2v) is 10.6. The van der Waals surface area contributed by atoms with Gasteiger partial charge in [0.25, 0.3) is 0 Å². The van der Waals surface area contributed by atoms with Crippen LogP contribution in [0.3, 0.4) is 0 Å². The molecule has 1 saturated carbocycles. The average Bonchev–Trinajstić information content (AvgIpc) is 2.79. The molecule has 2 aliphatic carbocycles. The van der Waals surface area contributed by atoms with Gasteiger partial charge in [-0.1, -0.05) is 19.4 Å². The number of nitrogens with two attached hydrogens (primary N) is 1. The Hall–Kier alpha value is -2.31. The number of allylic oxidation sites excluding steroid dienone is 6. The lowest BCUT2D eigenvalue weighted by Crippen LogP contribution is -2.86. The van der Waals surface area contributed by atoms with E-state index in [0.29, 0.717) is 5.57 Å². The third kappa shape index (κ3) is 5.66. The first-order valence-electron chi connectivity index (χ1n) is 12.5. The SMILES string of the molecule is CN=Cc1cc(C(C2=CC(F)=C(O)C(F)C2)=C2CCCC(C)(C)C2)ccc1[NH2+]C1CCCCO1. The molecule has 3 N–H and O–H groups in total. The second kappa shape index (κ2) is 10.5. The standard InChI is InChI=1S/C28H36F2N2O2/c1-28(2)11-6-7-19(16-28)26(20-14-22(29)27(33)23(30)15-20)18-9-10-24(21(13-18)17-31-3)32-25-8-4-5-12-34-25/h9-10,13-14,17,23,25,32-33H,4-8,11-12,15-16H2,1-3H3/p+1. The zero-order chi connectivity index (χ0) is 24.3. The summed E-state index contributed by atoms with van der Waals surface area (Å²) in [5, 5.41) is 11.9. The van der Waals surface area contributed by atoms with Crippen molar-refractivity contribution < 1.29 is 23.9 Å². The van der Waals surface area contributed by atoms with Crippen molar-refractivity contribution in [2.24, 2.45) is 10.4 Å². The van der Waals surface area contributed by atoms with Crippen molar-refractivity contribution in [3.05, 3.63) is 58.1 Å². The van der Waals surface area contributed by atoms with Gasteiger partial charge in [0.05, 0.1) is 12.2 Å². The summed E-state index contributed by atoms with van der Waals surface area (Å²) in [6.45, 7) is 5.29. The molecule has 2 atom stereocenters. The highest BCUT2D eigenvalue weighted by Crippen LogP contribution is 2.45. The highest BCUT2D eigenvalue weighted by atomic mass is 19.1. The molecule has 34 heavy (non-hydrogen) atoms. The number of alkyl halides is 1. The van der Waals surface area contributed by atoms with Gasteiger partial charge in [0.1, 0.15) is 5.69 Å². The van der Waals surface area contributed by atoms with Gasteiger partial charge < -0.3 is 9.84 Å². The Kier molecular flexibility index (Phi) is 7.68. The van der Waals surface area contributed by atoms with Crippen LogP contribution >= 0.6 is 0 Å². The Morgan fingerprint density at radius 3 is 2.76 bits per heavy atom. The van der Waals surface area contributed by atoms with Crippen molar-refractivity contribution in [3.63, 3.8) is 0 Å². The minimum absolute atomic E-state index is 0.0283.